The first-order valence-corrected chi connectivity index (χ1v) is 9.46. The molecule has 0 spiro atoms. The lowest BCUT2D eigenvalue weighted by atomic mass is 10.0. The third kappa shape index (κ3) is 3.33. The van der Waals surface area contributed by atoms with Crippen LogP contribution in [0.15, 0.2) is 42.5 Å². The highest BCUT2D eigenvalue weighted by atomic mass is 35.5. The topological polar surface area (TPSA) is 57.6 Å². The van der Waals surface area contributed by atoms with Gasteiger partial charge < -0.3 is 5.11 Å². The third-order valence-electron chi connectivity index (χ3n) is 3.85. The zero-order chi connectivity index (χ0) is 16.6. The lowest BCUT2D eigenvalue weighted by molar-refractivity contribution is 0.166. The van der Waals surface area contributed by atoms with Crippen LogP contribution in [0.2, 0.25) is 10.0 Å². The summed E-state index contributed by atoms with van der Waals surface area (Å²) in [6.07, 6.45) is -0.384. The van der Waals surface area contributed by atoms with E-state index >= 15 is 0 Å². The molecule has 3 rings (SSSR count). The molecule has 0 fully saturated rings. The lowest BCUT2D eigenvalue weighted by Gasteiger charge is -2.33. The van der Waals surface area contributed by atoms with Crippen LogP contribution >= 0.6 is 23.2 Å². The minimum absolute atomic E-state index is 0.190. The van der Waals surface area contributed by atoms with E-state index in [1.54, 1.807) is 42.5 Å². The zero-order valence-electron chi connectivity index (χ0n) is 12.1. The summed E-state index contributed by atoms with van der Waals surface area (Å²) in [6, 6.07) is 11.7. The minimum atomic E-state index is -3.61. The first-order valence-electron chi connectivity index (χ1n) is 7.10. The Morgan fingerprint density at radius 3 is 2.65 bits per heavy atom. The van der Waals surface area contributed by atoms with E-state index in [-0.39, 0.29) is 12.3 Å². The van der Waals surface area contributed by atoms with Gasteiger partial charge in [-0.15, -0.1) is 0 Å². The summed E-state index contributed by atoms with van der Waals surface area (Å²) in [5.41, 5.74) is 1.56. The molecule has 0 aliphatic carbocycles. The van der Waals surface area contributed by atoms with Crippen molar-refractivity contribution in [1.29, 1.82) is 0 Å². The maximum Gasteiger partial charge on any atom is 0.239 e. The number of aliphatic hydroxyl groups is 1. The second-order valence-electron chi connectivity index (χ2n) is 5.43. The molecule has 1 unspecified atom stereocenters. The maximum absolute atomic E-state index is 12.8. The van der Waals surface area contributed by atoms with Crippen LogP contribution in [0.4, 0.5) is 5.69 Å². The van der Waals surface area contributed by atoms with Crippen molar-refractivity contribution in [3.8, 4) is 0 Å². The molecule has 7 heteroatoms. The molecule has 0 radical (unpaired) electrons. The van der Waals surface area contributed by atoms with Gasteiger partial charge in [-0.2, -0.15) is 0 Å². The van der Waals surface area contributed by atoms with Gasteiger partial charge in [0.15, 0.2) is 0 Å². The van der Waals surface area contributed by atoms with E-state index in [4.69, 9.17) is 23.2 Å². The summed E-state index contributed by atoms with van der Waals surface area (Å²) in [7, 11) is -3.61. The lowest BCUT2D eigenvalue weighted by Crippen LogP contribution is -2.37. The van der Waals surface area contributed by atoms with Crippen LogP contribution in [0.3, 0.4) is 0 Å². The number of benzene rings is 2. The summed E-state index contributed by atoms with van der Waals surface area (Å²) in [6.45, 7) is 0.225. The zero-order valence-corrected chi connectivity index (χ0v) is 14.4. The summed E-state index contributed by atoms with van der Waals surface area (Å²) in [5, 5.41) is 11.0. The summed E-state index contributed by atoms with van der Waals surface area (Å²) < 4.78 is 27.0. The molecule has 1 atom stereocenters. The number of hydrogen-bond acceptors (Lipinski definition) is 3. The van der Waals surface area contributed by atoms with Gasteiger partial charge in [-0.3, -0.25) is 4.31 Å². The van der Waals surface area contributed by atoms with E-state index < -0.39 is 16.1 Å². The molecule has 2 aromatic rings. The van der Waals surface area contributed by atoms with Crippen molar-refractivity contribution in [3.05, 3.63) is 63.6 Å². The Kier molecular flexibility index (Phi) is 4.56. The molecule has 1 aliphatic rings. The molecule has 1 N–H and O–H groups in total. The smallest absolute Gasteiger partial charge is 0.239 e. The highest BCUT2D eigenvalue weighted by Gasteiger charge is 2.31. The molecule has 0 amide bonds. The van der Waals surface area contributed by atoms with Gasteiger partial charge >= 0.3 is 0 Å². The molecule has 0 aromatic heterocycles. The molecule has 2 aromatic carbocycles. The van der Waals surface area contributed by atoms with Crippen LogP contribution in [-0.2, 0) is 15.8 Å². The van der Waals surface area contributed by atoms with Crippen LogP contribution in [0.5, 0.6) is 0 Å². The Bertz CT molecular complexity index is 839. The van der Waals surface area contributed by atoms with Crippen molar-refractivity contribution in [2.24, 2.45) is 0 Å². The number of anilines is 1. The summed E-state index contributed by atoms with van der Waals surface area (Å²) in [4.78, 5) is 0. The van der Waals surface area contributed by atoms with Crippen LogP contribution < -0.4 is 4.31 Å². The van der Waals surface area contributed by atoms with E-state index in [9.17, 15) is 13.5 Å². The minimum Gasteiger partial charge on any atom is -0.388 e. The summed E-state index contributed by atoms with van der Waals surface area (Å²) in [5.74, 6) is -0.190. The predicted molar refractivity (Wildman–Crippen MR) is 92.5 cm³/mol. The molecule has 1 aliphatic heterocycles. The molecule has 0 saturated heterocycles. The summed E-state index contributed by atoms with van der Waals surface area (Å²) >= 11 is 12.0. The Labute approximate surface area is 145 Å². The number of hydrogen-bond donors (Lipinski definition) is 1. The van der Waals surface area contributed by atoms with Crippen molar-refractivity contribution >= 4 is 38.9 Å². The predicted octanol–water partition coefficient (Wildman–Crippen LogP) is 3.77. The largest absolute Gasteiger partial charge is 0.388 e. The molecular formula is C16H15Cl2NO3S. The van der Waals surface area contributed by atoms with Gasteiger partial charge in [-0.25, -0.2) is 8.42 Å². The maximum atomic E-state index is 12.8. The van der Waals surface area contributed by atoms with Gasteiger partial charge in [0.2, 0.25) is 10.0 Å². The molecule has 122 valence electrons. The second-order valence-corrected chi connectivity index (χ2v) is 8.16. The molecule has 0 saturated carbocycles. The first kappa shape index (κ1) is 16.6. The standard InChI is InChI=1S/C16H15Cl2NO3S/c17-12-5-6-15-13(9-12)16(20)7-8-19(15)23(21,22)10-11-3-1-2-4-14(11)18/h1-6,9,16,20H,7-8,10H2. The molecule has 1 heterocycles. The van der Waals surface area contributed by atoms with Gasteiger partial charge in [-0.05, 0) is 36.2 Å². The van der Waals surface area contributed by atoms with E-state index in [2.05, 4.69) is 0 Å². The van der Waals surface area contributed by atoms with E-state index in [1.165, 1.54) is 4.31 Å². The van der Waals surface area contributed by atoms with Gasteiger partial charge in [0.25, 0.3) is 0 Å². The average Bonchev–Trinajstić information content (AvgIpc) is 2.50. The highest BCUT2D eigenvalue weighted by Crippen LogP contribution is 2.37. The third-order valence-corrected chi connectivity index (χ3v) is 6.18. The fourth-order valence-electron chi connectivity index (χ4n) is 2.71. The van der Waals surface area contributed by atoms with Gasteiger partial charge in [0.05, 0.1) is 17.5 Å². The quantitative estimate of drug-likeness (QED) is 0.893. The van der Waals surface area contributed by atoms with Gasteiger partial charge in [0.1, 0.15) is 0 Å². The Balaban J connectivity index is 1.99. The number of nitrogens with zero attached hydrogens (tertiary/aromatic N) is 1. The monoisotopic (exact) mass is 371 g/mol. The van der Waals surface area contributed by atoms with E-state index in [0.717, 1.165) is 0 Å². The molecule has 4 nitrogen and oxygen atoms in total. The van der Waals surface area contributed by atoms with Gasteiger partial charge in [-0.1, -0.05) is 41.4 Å². The Morgan fingerprint density at radius 1 is 1.17 bits per heavy atom. The first-order chi connectivity index (χ1) is 10.9. The second kappa shape index (κ2) is 6.32. The normalized spacial score (nSPS) is 17.9. The van der Waals surface area contributed by atoms with E-state index in [0.29, 0.717) is 33.3 Å². The van der Waals surface area contributed by atoms with Gasteiger partial charge in [0, 0.05) is 22.2 Å². The average molecular weight is 372 g/mol. The van der Waals surface area contributed by atoms with Crippen molar-refractivity contribution in [2.75, 3.05) is 10.8 Å². The number of aliphatic hydroxyl groups excluding tert-OH is 1. The van der Waals surface area contributed by atoms with Crippen LogP contribution in [0, 0.1) is 0 Å². The fourth-order valence-corrected chi connectivity index (χ4v) is 4.83. The van der Waals surface area contributed by atoms with Crippen molar-refractivity contribution in [3.63, 3.8) is 0 Å². The number of rotatable bonds is 3. The van der Waals surface area contributed by atoms with Crippen LogP contribution in [-0.4, -0.2) is 20.1 Å². The van der Waals surface area contributed by atoms with Crippen molar-refractivity contribution in [2.45, 2.75) is 18.3 Å². The highest BCUT2D eigenvalue weighted by molar-refractivity contribution is 7.92. The van der Waals surface area contributed by atoms with Crippen molar-refractivity contribution < 1.29 is 13.5 Å². The number of fused-ring (bicyclic) bond motifs is 1. The Morgan fingerprint density at radius 2 is 1.91 bits per heavy atom. The number of sulfonamides is 1. The molecular weight excluding hydrogens is 357 g/mol. The van der Waals surface area contributed by atoms with Crippen LogP contribution in [0.1, 0.15) is 23.7 Å². The SMILES string of the molecule is O=S(=O)(Cc1ccccc1Cl)N1CCC(O)c2cc(Cl)ccc21. The number of halogens is 2. The molecule has 23 heavy (non-hydrogen) atoms. The molecule has 0 bridgehead atoms. The Hall–Kier alpha value is -1.27. The van der Waals surface area contributed by atoms with E-state index in [1.807, 2.05) is 0 Å². The van der Waals surface area contributed by atoms with Crippen LogP contribution in [0.25, 0.3) is 0 Å². The fraction of sp³-hybridized carbons (Fsp3) is 0.250. The van der Waals surface area contributed by atoms with Crippen molar-refractivity contribution in [1.82, 2.24) is 0 Å².